The van der Waals surface area contributed by atoms with Gasteiger partial charge in [-0.1, -0.05) is 20.8 Å². The molecule has 1 saturated heterocycles. The van der Waals surface area contributed by atoms with Crippen LogP contribution in [0.15, 0.2) is 0 Å². The van der Waals surface area contributed by atoms with Gasteiger partial charge in [0.2, 0.25) is 5.91 Å². The summed E-state index contributed by atoms with van der Waals surface area (Å²) in [6.07, 6.45) is 4.32. The molecule has 2 N–H and O–H groups in total. The molecule has 0 aromatic rings. The Kier molecular flexibility index (Phi) is 6.95. The highest BCUT2D eigenvalue weighted by Gasteiger charge is 2.59. The van der Waals surface area contributed by atoms with Crippen molar-refractivity contribution in [1.82, 2.24) is 10.6 Å². The molecule has 21 heavy (non-hydrogen) atoms. The molecule has 2 rings (SSSR count). The second-order valence-electron chi connectivity index (χ2n) is 6.47. The highest BCUT2D eigenvalue weighted by Crippen LogP contribution is 2.52. The topological polar surface area (TPSA) is 50.4 Å². The maximum atomic E-state index is 12.5. The maximum absolute atomic E-state index is 12.5. The van der Waals surface area contributed by atoms with E-state index in [-0.39, 0.29) is 41.8 Å². The Hall–Kier alpha value is -0.320. The highest BCUT2D eigenvalue weighted by molar-refractivity contribution is 5.85. The normalized spacial score (nSPS) is 31.9. The minimum Gasteiger partial charge on any atom is -0.380 e. The average molecular weight is 319 g/mol. The maximum Gasteiger partial charge on any atom is 0.223 e. The molecule has 2 aliphatic rings. The molecule has 0 aromatic heterocycles. The molecule has 2 fully saturated rings. The number of piperidine rings is 1. The van der Waals surface area contributed by atoms with E-state index in [0.29, 0.717) is 5.92 Å². The number of halogens is 1. The van der Waals surface area contributed by atoms with Crippen LogP contribution in [0.2, 0.25) is 0 Å². The molecule has 124 valence electrons. The molecule has 3 atom stereocenters. The van der Waals surface area contributed by atoms with Gasteiger partial charge in [0, 0.05) is 30.4 Å². The molecule has 0 bridgehead atoms. The largest absolute Gasteiger partial charge is 0.380 e. The SMILES string of the molecule is CCC1(CC)C(NC(=O)C2CCNCC2)C(C)C1OC.Cl. The van der Waals surface area contributed by atoms with Crippen LogP contribution in [0.4, 0.5) is 0 Å². The van der Waals surface area contributed by atoms with E-state index in [0.717, 1.165) is 38.8 Å². The van der Waals surface area contributed by atoms with Gasteiger partial charge in [0.15, 0.2) is 0 Å². The molecule has 3 unspecified atom stereocenters. The van der Waals surface area contributed by atoms with Crippen molar-refractivity contribution in [3.63, 3.8) is 0 Å². The second-order valence-corrected chi connectivity index (χ2v) is 6.47. The Labute approximate surface area is 135 Å². The van der Waals surface area contributed by atoms with Crippen molar-refractivity contribution in [2.45, 2.75) is 58.6 Å². The minimum absolute atomic E-state index is 0. The smallest absolute Gasteiger partial charge is 0.223 e. The van der Waals surface area contributed by atoms with Crippen LogP contribution in [-0.2, 0) is 9.53 Å². The Balaban J connectivity index is 0.00000220. The second kappa shape index (κ2) is 7.80. The van der Waals surface area contributed by atoms with Crippen molar-refractivity contribution in [2.24, 2.45) is 17.3 Å². The van der Waals surface area contributed by atoms with Crippen LogP contribution in [0.3, 0.4) is 0 Å². The predicted molar refractivity (Wildman–Crippen MR) is 87.7 cm³/mol. The molecule has 0 aromatic carbocycles. The van der Waals surface area contributed by atoms with Gasteiger partial charge >= 0.3 is 0 Å². The number of rotatable bonds is 5. The summed E-state index contributed by atoms with van der Waals surface area (Å²) in [5.41, 5.74) is 0.122. The summed E-state index contributed by atoms with van der Waals surface area (Å²) in [6.45, 7) is 8.55. The van der Waals surface area contributed by atoms with E-state index in [1.807, 2.05) is 0 Å². The molecular weight excluding hydrogens is 288 g/mol. The van der Waals surface area contributed by atoms with E-state index in [1.54, 1.807) is 7.11 Å². The van der Waals surface area contributed by atoms with Gasteiger partial charge in [0.05, 0.1) is 6.10 Å². The van der Waals surface area contributed by atoms with Crippen LogP contribution in [0.25, 0.3) is 0 Å². The van der Waals surface area contributed by atoms with Crippen molar-refractivity contribution in [1.29, 1.82) is 0 Å². The van der Waals surface area contributed by atoms with Gasteiger partial charge in [0.1, 0.15) is 0 Å². The molecule has 1 heterocycles. The summed E-state index contributed by atoms with van der Waals surface area (Å²) in [5, 5.41) is 6.66. The fraction of sp³-hybridized carbons (Fsp3) is 0.938. The number of amides is 1. The standard InChI is InChI=1S/C16H30N2O2.ClH/c1-5-16(6-2)13(11(3)14(16)20-4)18-15(19)12-7-9-17-10-8-12;/h11-14,17H,5-10H2,1-4H3,(H,18,19);1H. The zero-order valence-electron chi connectivity index (χ0n) is 13.8. The third-order valence-electron chi connectivity index (χ3n) is 5.77. The fourth-order valence-electron chi connectivity index (χ4n) is 4.45. The molecule has 4 nitrogen and oxygen atoms in total. The number of methoxy groups -OCH3 is 1. The van der Waals surface area contributed by atoms with Gasteiger partial charge in [-0.05, 0) is 38.8 Å². The summed E-state index contributed by atoms with van der Waals surface area (Å²) >= 11 is 0. The van der Waals surface area contributed by atoms with Crippen LogP contribution in [0.5, 0.6) is 0 Å². The molecular formula is C16H31ClN2O2. The van der Waals surface area contributed by atoms with Crippen molar-refractivity contribution >= 4 is 18.3 Å². The summed E-state index contributed by atoms with van der Waals surface area (Å²) < 4.78 is 5.69. The number of carbonyl (C=O) groups excluding carboxylic acids is 1. The van der Waals surface area contributed by atoms with E-state index in [9.17, 15) is 4.79 Å². The van der Waals surface area contributed by atoms with E-state index >= 15 is 0 Å². The lowest BCUT2D eigenvalue weighted by atomic mass is 9.53. The van der Waals surface area contributed by atoms with Crippen molar-refractivity contribution < 1.29 is 9.53 Å². The van der Waals surface area contributed by atoms with Crippen LogP contribution in [-0.4, -0.2) is 38.3 Å². The Bertz CT molecular complexity index is 341. The zero-order valence-corrected chi connectivity index (χ0v) is 14.6. The quantitative estimate of drug-likeness (QED) is 0.818. The molecule has 1 saturated carbocycles. The molecule has 1 aliphatic carbocycles. The Morgan fingerprint density at radius 2 is 1.86 bits per heavy atom. The Morgan fingerprint density at radius 3 is 2.33 bits per heavy atom. The van der Waals surface area contributed by atoms with E-state index in [4.69, 9.17) is 4.74 Å². The first-order valence-electron chi connectivity index (χ1n) is 8.14. The lowest BCUT2D eigenvalue weighted by molar-refractivity contribution is -0.173. The van der Waals surface area contributed by atoms with Gasteiger partial charge in [-0.15, -0.1) is 12.4 Å². The fourth-order valence-corrected chi connectivity index (χ4v) is 4.45. The van der Waals surface area contributed by atoms with Crippen LogP contribution in [0, 0.1) is 17.3 Å². The number of nitrogens with one attached hydrogen (secondary N) is 2. The van der Waals surface area contributed by atoms with Crippen molar-refractivity contribution in [3.05, 3.63) is 0 Å². The van der Waals surface area contributed by atoms with Gasteiger partial charge in [-0.25, -0.2) is 0 Å². The average Bonchev–Trinajstić information content (AvgIpc) is 2.50. The van der Waals surface area contributed by atoms with Crippen LogP contribution < -0.4 is 10.6 Å². The summed E-state index contributed by atoms with van der Waals surface area (Å²) in [5.74, 6) is 0.853. The molecule has 1 amide bonds. The number of hydrogen-bond acceptors (Lipinski definition) is 3. The summed E-state index contributed by atoms with van der Waals surface area (Å²) in [6, 6.07) is 0.268. The first-order valence-corrected chi connectivity index (χ1v) is 8.14. The van der Waals surface area contributed by atoms with Gasteiger partial charge in [-0.2, -0.15) is 0 Å². The third kappa shape index (κ3) is 3.22. The molecule has 5 heteroatoms. The first-order chi connectivity index (χ1) is 9.60. The van der Waals surface area contributed by atoms with E-state index in [2.05, 4.69) is 31.4 Å². The van der Waals surface area contributed by atoms with Crippen molar-refractivity contribution in [3.8, 4) is 0 Å². The third-order valence-corrected chi connectivity index (χ3v) is 5.77. The zero-order chi connectivity index (χ0) is 14.8. The lowest BCUT2D eigenvalue weighted by Crippen LogP contribution is -2.70. The molecule has 1 aliphatic heterocycles. The van der Waals surface area contributed by atoms with Crippen LogP contribution >= 0.6 is 12.4 Å². The van der Waals surface area contributed by atoms with Gasteiger partial charge in [-0.3, -0.25) is 4.79 Å². The number of carbonyl (C=O) groups is 1. The van der Waals surface area contributed by atoms with E-state index < -0.39 is 0 Å². The van der Waals surface area contributed by atoms with Crippen molar-refractivity contribution in [2.75, 3.05) is 20.2 Å². The summed E-state index contributed by atoms with van der Waals surface area (Å²) in [7, 11) is 1.80. The van der Waals surface area contributed by atoms with Crippen LogP contribution in [0.1, 0.15) is 46.5 Å². The first kappa shape index (κ1) is 18.7. The number of ether oxygens (including phenoxy) is 1. The highest BCUT2D eigenvalue weighted by atomic mass is 35.5. The predicted octanol–water partition coefficient (Wildman–Crippen LogP) is 2.36. The molecule has 0 spiro atoms. The number of hydrogen-bond donors (Lipinski definition) is 2. The monoisotopic (exact) mass is 318 g/mol. The van der Waals surface area contributed by atoms with Gasteiger partial charge in [0.25, 0.3) is 0 Å². The minimum atomic E-state index is 0. The lowest BCUT2D eigenvalue weighted by Gasteiger charge is -2.60. The Morgan fingerprint density at radius 1 is 1.29 bits per heavy atom. The molecule has 0 radical (unpaired) electrons. The summed E-state index contributed by atoms with van der Waals surface area (Å²) in [4.78, 5) is 12.5. The van der Waals surface area contributed by atoms with E-state index in [1.165, 1.54) is 0 Å². The van der Waals surface area contributed by atoms with Gasteiger partial charge < -0.3 is 15.4 Å².